The summed E-state index contributed by atoms with van der Waals surface area (Å²) in [5, 5.41) is 22.4. The van der Waals surface area contributed by atoms with Gasteiger partial charge >= 0.3 is 5.97 Å². The van der Waals surface area contributed by atoms with Crippen LogP contribution in [0.15, 0.2) is 4.99 Å². The first-order valence-corrected chi connectivity index (χ1v) is 9.16. The molecular weight excluding hydrogens is 354 g/mol. The van der Waals surface area contributed by atoms with Crippen LogP contribution < -0.4 is 16.8 Å². The van der Waals surface area contributed by atoms with Crippen LogP contribution in [0.3, 0.4) is 0 Å². The minimum Gasteiger partial charge on any atom is -0.479 e. The van der Waals surface area contributed by atoms with Gasteiger partial charge in [0.1, 0.15) is 6.04 Å². The van der Waals surface area contributed by atoms with Crippen molar-refractivity contribution in [2.45, 2.75) is 64.1 Å². The molecule has 1 aliphatic carbocycles. The predicted molar refractivity (Wildman–Crippen MR) is 99.7 cm³/mol. The average Bonchev–Trinajstić information content (AvgIpc) is 2.88. The Kier molecular flexibility index (Phi) is 8.01. The second-order valence-corrected chi connectivity index (χ2v) is 7.03. The van der Waals surface area contributed by atoms with Crippen molar-refractivity contribution in [3.8, 4) is 0 Å². The summed E-state index contributed by atoms with van der Waals surface area (Å²) in [5.74, 6) is -3.19. The molecule has 0 bridgehead atoms. The number of nitrogens with one attached hydrogen (secondary N) is 1. The molecule has 0 aromatic heterocycles. The highest BCUT2D eigenvalue weighted by molar-refractivity contribution is 5.88. The quantitative estimate of drug-likeness (QED) is 0.250. The molecule has 7 N–H and O–H groups in total. The number of carbonyl (C=O) groups excluding carboxylic acids is 2. The molecule has 0 aliphatic heterocycles. The number of nitrogens with zero attached hydrogens (tertiary/aromatic N) is 2. The molecule has 0 aromatic rings. The molecule has 1 aliphatic rings. The van der Waals surface area contributed by atoms with Crippen LogP contribution in [0.25, 0.3) is 0 Å². The number of rotatable bonds is 9. The third-order valence-electron chi connectivity index (χ3n) is 4.68. The van der Waals surface area contributed by atoms with Crippen LogP contribution >= 0.6 is 0 Å². The van der Waals surface area contributed by atoms with Crippen LogP contribution in [-0.2, 0) is 14.4 Å². The van der Waals surface area contributed by atoms with E-state index in [0.29, 0.717) is 13.1 Å². The van der Waals surface area contributed by atoms with Crippen LogP contribution in [0.4, 0.5) is 0 Å². The van der Waals surface area contributed by atoms with E-state index >= 15 is 0 Å². The molecular formula is C17H31N5O5. The number of aliphatic imine (C=N–C) groups is 1. The van der Waals surface area contributed by atoms with E-state index in [0.717, 1.165) is 12.8 Å². The van der Waals surface area contributed by atoms with Gasteiger partial charge in [0.2, 0.25) is 11.8 Å². The minimum atomic E-state index is -2.06. The summed E-state index contributed by atoms with van der Waals surface area (Å²) in [4.78, 5) is 42.0. The van der Waals surface area contributed by atoms with Crippen molar-refractivity contribution in [1.82, 2.24) is 10.2 Å². The summed E-state index contributed by atoms with van der Waals surface area (Å²) in [6.07, 6.45) is 0.988. The van der Waals surface area contributed by atoms with Crippen molar-refractivity contribution in [1.29, 1.82) is 0 Å². The lowest BCUT2D eigenvalue weighted by Crippen LogP contribution is -2.54. The first kappa shape index (κ1) is 22.7. The SMILES string of the molecule is CCCN(CCC)C(=O)C(NC(C)=O)C1CC(O)(C(=O)O)CC1N=C(N)N. The van der Waals surface area contributed by atoms with Gasteiger partial charge in [-0.25, -0.2) is 9.79 Å². The van der Waals surface area contributed by atoms with Crippen molar-refractivity contribution < 1.29 is 24.6 Å². The monoisotopic (exact) mass is 385 g/mol. The third-order valence-corrected chi connectivity index (χ3v) is 4.68. The van der Waals surface area contributed by atoms with Gasteiger partial charge in [0.25, 0.3) is 0 Å². The van der Waals surface area contributed by atoms with E-state index in [9.17, 15) is 24.6 Å². The fourth-order valence-electron chi connectivity index (χ4n) is 3.59. The Hall–Kier alpha value is -2.36. The van der Waals surface area contributed by atoms with Gasteiger partial charge in [-0.2, -0.15) is 0 Å². The summed E-state index contributed by atoms with van der Waals surface area (Å²) >= 11 is 0. The molecule has 0 spiro atoms. The van der Waals surface area contributed by atoms with E-state index < -0.39 is 35.5 Å². The highest BCUT2D eigenvalue weighted by Crippen LogP contribution is 2.39. The third kappa shape index (κ3) is 5.81. The average molecular weight is 385 g/mol. The molecule has 1 saturated carbocycles. The normalized spacial score (nSPS) is 25.5. The molecule has 10 heteroatoms. The maximum absolute atomic E-state index is 13.1. The molecule has 154 valence electrons. The van der Waals surface area contributed by atoms with Crippen molar-refractivity contribution in [2.75, 3.05) is 13.1 Å². The summed E-state index contributed by atoms with van der Waals surface area (Å²) in [7, 11) is 0. The lowest BCUT2D eigenvalue weighted by atomic mass is 9.91. The van der Waals surface area contributed by atoms with Gasteiger partial charge in [-0.15, -0.1) is 0 Å². The maximum Gasteiger partial charge on any atom is 0.335 e. The molecule has 0 radical (unpaired) electrons. The van der Waals surface area contributed by atoms with Crippen LogP contribution in [0.2, 0.25) is 0 Å². The summed E-state index contributed by atoms with van der Waals surface area (Å²) in [5.41, 5.74) is 8.83. The standard InChI is InChI=1S/C17H31N5O5/c1-4-6-22(7-5-2)14(24)13(20-10(3)23)11-8-17(27,15(25)26)9-12(11)21-16(18)19/h11-13,27H,4-9H2,1-3H3,(H,20,23)(H,25,26)(H4,18,19,21). The van der Waals surface area contributed by atoms with Crippen molar-refractivity contribution >= 4 is 23.7 Å². The topological polar surface area (TPSA) is 171 Å². The minimum absolute atomic E-state index is 0.240. The summed E-state index contributed by atoms with van der Waals surface area (Å²) in [6.45, 7) is 6.16. The number of carboxylic acid groups (broad SMARTS) is 1. The van der Waals surface area contributed by atoms with Crippen molar-refractivity contribution in [3.63, 3.8) is 0 Å². The molecule has 2 amide bonds. The predicted octanol–water partition coefficient (Wildman–Crippen LogP) is -0.993. The molecule has 0 heterocycles. The second kappa shape index (κ2) is 9.54. The van der Waals surface area contributed by atoms with Gasteiger partial charge in [0, 0.05) is 32.4 Å². The summed E-state index contributed by atoms with van der Waals surface area (Å²) < 4.78 is 0. The molecule has 0 aromatic carbocycles. The Morgan fingerprint density at radius 2 is 1.78 bits per heavy atom. The molecule has 1 rings (SSSR count). The summed E-state index contributed by atoms with van der Waals surface area (Å²) in [6, 6.07) is -1.83. The Morgan fingerprint density at radius 1 is 1.22 bits per heavy atom. The van der Waals surface area contributed by atoms with E-state index in [1.54, 1.807) is 4.90 Å². The van der Waals surface area contributed by atoms with Crippen LogP contribution in [0.1, 0.15) is 46.5 Å². The highest BCUT2D eigenvalue weighted by Gasteiger charge is 2.53. The number of hydrogen-bond donors (Lipinski definition) is 5. The molecule has 27 heavy (non-hydrogen) atoms. The Balaban J connectivity index is 3.28. The Labute approximate surface area is 159 Å². The number of hydrogen-bond acceptors (Lipinski definition) is 5. The second-order valence-electron chi connectivity index (χ2n) is 7.03. The number of nitrogens with two attached hydrogens (primary N) is 2. The molecule has 0 saturated heterocycles. The van der Waals surface area contributed by atoms with E-state index in [1.165, 1.54) is 6.92 Å². The number of carboxylic acids is 1. The first-order chi connectivity index (χ1) is 12.6. The Morgan fingerprint density at radius 3 is 2.19 bits per heavy atom. The highest BCUT2D eigenvalue weighted by atomic mass is 16.4. The van der Waals surface area contributed by atoms with Gasteiger partial charge < -0.3 is 31.9 Å². The first-order valence-electron chi connectivity index (χ1n) is 9.16. The number of amides is 2. The molecule has 4 atom stereocenters. The van der Waals surface area contributed by atoms with E-state index in [1.807, 2.05) is 13.8 Å². The lowest BCUT2D eigenvalue weighted by Gasteiger charge is -2.32. The lowest BCUT2D eigenvalue weighted by molar-refractivity contribution is -0.158. The van der Waals surface area contributed by atoms with Gasteiger partial charge in [-0.1, -0.05) is 13.8 Å². The van der Waals surface area contributed by atoms with Gasteiger partial charge in [0.05, 0.1) is 6.04 Å². The van der Waals surface area contributed by atoms with Crippen LogP contribution in [0.5, 0.6) is 0 Å². The molecule has 4 unspecified atom stereocenters. The number of carbonyl (C=O) groups is 3. The maximum atomic E-state index is 13.1. The number of aliphatic carboxylic acids is 1. The van der Waals surface area contributed by atoms with Crippen molar-refractivity contribution in [3.05, 3.63) is 0 Å². The van der Waals surface area contributed by atoms with E-state index in [-0.39, 0.29) is 24.7 Å². The van der Waals surface area contributed by atoms with Crippen LogP contribution in [0, 0.1) is 5.92 Å². The zero-order valence-corrected chi connectivity index (χ0v) is 16.1. The number of aliphatic hydroxyl groups is 1. The fraction of sp³-hybridized carbons (Fsp3) is 0.765. The van der Waals surface area contributed by atoms with Gasteiger partial charge in [-0.05, 0) is 19.3 Å². The van der Waals surface area contributed by atoms with Crippen molar-refractivity contribution in [2.24, 2.45) is 22.4 Å². The largest absolute Gasteiger partial charge is 0.479 e. The smallest absolute Gasteiger partial charge is 0.335 e. The zero-order chi connectivity index (χ0) is 20.8. The molecule has 10 nitrogen and oxygen atoms in total. The Bertz CT molecular complexity index is 586. The van der Waals surface area contributed by atoms with E-state index in [4.69, 9.17) is 11.5 Å². The zero-order valence-electron chi connectivity index (χ0n) is 16.1. The van der Waals surface area contributed by atoms with E-state index in [2.05, 4.69) is 10.3 Å². The van der Waals surface area contributed by atoms with Gasteiger partial charge in [-0.3, -0.25) is 9.59 Å². The number of guanidine groups is 1. The van der Waals surface area contributed by atoms with Gasteiger partial charge in [0.15, 0.2) is 11.6 Å². The fourth-order valence-corrected chi connectivity index (χ4v) is 3.59. The van der Waals surface area contributed by atoms with Crippen LogP contribution in [-0.4, -0.2) is 69.6 Å². The molecule has 1 fully saturated rings.